The number of amides is 2. The smallest absolute Gasteiger partial charge is 0.271 e. The van der Waals surface area contributed by atoms with Crippen LogP contribution in [-0.2, 0) is 4.79 Å². The van der Waals surface area contributed by atoms with Crippen LogP contribution < -0.4 is 5.32 Å². The Morgan fingerprint density at radius 1 is 1.53 bits per heavy atom. The third-order valence-electron chi connectivity index (χ3n) is 2.79. The summed E-state index contributed by atoms with van der Waals surface area (Å²) in [6, 6.07) is -0.0959. The molecule has 1 aliphatic rings. The third kappa shape index (κ3) is 2.46. The molecule has 0 aliphatic carbocycles. The van der Waals surface area contributed by atoms with Gasteiger partial charge in [0.25, 0.3) is 5.91 Å². The molecule has 1 aromatic heterocycles. The van der Waals surface area contributed by atoms with Crippen LogP contribution in [0.5, 0.6) is 0 Å². The van der Waals surface area contributed by atoms with Gasteiger partial charge in [-0.3, -0.25) is 9.59 Å². The molecule has 1 aromatic rings. The van der Waals surface area contributed by atoms with Crippen molar-refractivity contribution in [2.45, 2.75) is 26.3 Å². The summed E-state index contributed by atoms with van der Waals surface area (Å²) >= 11 is 1.51. The molecule has 5 nitrogen and oxygen atoms in total. The highest BCUT2D eigenvalue weighted by Gasteiger charge is 2.28. The quantitative estimate of drug-likeness (QED) is 0.844. The Morgan fingerprint density at radius 2 is 2.24 bits per heavy atom. The maximum atomic E-state index is 12.0. The van der Waals surface area contributed by atoms with Crippen molar-refractivity contribution >= 4 is 23.2 Å². The number of likely N-dealkylation sites (N-methyl/N-ethyl adjacent to an activating group) is 1. The highest BCUT2D eigenvalue weighted by atomic mass is 32.1. The average molecular weight is 253 g/mol. The van der Waals surface area contributed by atoms with Gasteiger partial charge >= 0.3 is 0 Å². The second-order valence-corrected chi connectivity index (χ2v) is 5.69. The summed E-state index contributed by atoms with van der Waals surface area (Å²) < 4.78 is 0. The van der Waals surface area contributed by atoms with Crippen molar-refractivity contribution in [1.82, 2.24) is 15.2 Å². The lowest BCUT2D eigenvalue weighted by molar-refractivity contribution is -0.126. The third-order valence-corrected chi connectivity index (χ3v) is 3.68. The van der Waals surface area contributed by atoms with E-state index >= 15 is 0 Å². The highest BCUT2D eigenvalue weighted by molar-refractivity contribution is 7.11. The van der Waals surface area contributed by atoms with E-state index in [1.807, 2.05) is 13.8 Å². The second-order valence-electron chi connectivity index (χ2n) is 4.29. The summed E-state index contributed by atoms with van der Waals surface area (Å²) in [7, 11) is 1.74. The molecule has 0 bridgehead atoms. The monoisotopic (exact) mass is 253 g/mol. The molecule has 2 heterocycles. The maximum Gasteiger partial charge on any atom is 0.271 e. The minimum absolute atomic E-state index is 0.0708. The minimum atomic E-state index is -0.181. The number of aryl methyl sites for hydroxylation is 2. The van der Waals surface area contributed by atoms with Crippen LogP contribution in [0.2, 0.25) is 0 Å². The first-order chi connectivity index (χ1) is 7.97. The van der Waals surface area contributed by atoms with Crippen LogP contribution >= 0.6 is 11.3 Å². The molecule has 2 rings (SSSR count). The largest absolute Gasteiger partial charge is 0.346 e. The van der Waals surface area contributed by atoms with E-state index in [9.17, 15) is 9.59 Å². The van der Waals surface area contributed by atoms with Gasteiger partial charge in [-0.2, -0.15) is 0 Å². The predicted octanol–water partition coefficient (Wildman–Crippen LogP) is 0.720. The number of aromatic nitrogens is 1. The molecule has 2 amide bonds. The minimum Gasteiger partial charge on any atom is -0.346 e. The molecule has 0 radical (unpaired) electrons. The van der Waals surface area contributed by atoms with Crippen LogP contribution in [0.3, 0.4) is 0 Å². The van der Waals surface area contributed by atoms with E-state index in [0.717, 1.165) is 9.88 Å². The van der Waals surface area contributed by atoms with Gasteiger partial charge in [-0.25, -0.2) is 4.98 Å². The van der Waals surface area contributed by atoms with E-state index in [1.165, 1.54) is 11.3 Å². The van der Waals surface area contributed by atoms with E-state index in [4.69, 9.17) is 0 Å². The van der Waals surface area contributed by atoms with Gasteiger partial charge in [0.2, 0.25) is 5.91 Å². The Balaban J connectivity index is 2.03. The molecule has 0 spiro atoms. The Kier molecular flexibility index (Phi) is 3.15. The van der Waals surface area contributed by atoms with E-state index in [2.05, 4.69) is 10.3 Å². The van der Waals surface area contributed by atoms with Gasteiger partial charge in [0.05, 0.1) is 11.0 Å². The molecule has 0 aromatic carbocycles. The number of nitrogens with zero attached hydrogens (tertiary/aromatic N) is 2. The maximum absolute atomic E-state index is 12.0. The lowest BCUT2D eigenvalue weighted by atomic mass is 10.2. The van der Waals surface area contributed by atoms with Crippen molar-refractivity contribution in [3.63, 3.8) is 0 Å². The lowest BCUT2D eigenvalue weighted by Gasteiger charge is -2.11. The zero-order valence-electron chi connectivity index (χ0n) is 10.1. The number of carbonyl (C=O) groups excluding carboxylic acids is 2. The summed E-state index contributed by atoms with van der Waals surface area (Å²) in [5.41, 5.74) is 0.481. The van der Waals surface area contributed by atoms with Crippen LogP contribution in [0.25, 0.3) is 0 Å². The van der Waals surface area contributed by atoms with Crippen molar-refractivity contribution in [2.75, 3.05) is 13.6 Å². The molecular formula is C11H15N3O2S. The van der Waals surface area contributed by atoms with Crippen LogP contribution in [0.15, 0.2) is 0 Å². The number of carbonyl (C=O) groups is 2. The molecule has 0 saturated carbocycles. The number of thiazole rings is 1. The lowest BCUT2D eigenvalue weighted by Crippen LogP contribution is -2.36. The molecular weight excluding hydrogens is 238 g/mol. The molecule has 17 heavy (non-hydrogen) atoms. The molecule has 1 fully saturated rings. The fraction of sp³-hybridized carbons (Fsp3) is 0.545. The normalized spacial score (nSPS) is 19.8. The van der Waals surface area contributed by atoms with E-state index in [0.29, 0.717) is 18.7 Å². The summed E-state index contributed by atoms with van der Waals surface area (Å²) in [6.45, 7) is 4.33. The Bertz CT molecular complexity index is 469. The van der Waals surface area contributed by atoms with Gasteiger partial charge in [0.15, 0.2) is 0 Å². The summed E-state index contributed by atoms with van der Waals surface area (Å²) in [5.74, 6) is -0.110. The SMILES string of the molecule is Cc1nc(C(=O)NC2CC(=O)N(C)C2)c(C)s1. The van der Waals surface area contributed by atoms with Gasteiger partial charge in [-0.05, 0) is 13.8 Å². The molecule has 1 N–H and O–H groups in total. The number of hydrogen-bond donors (Lipinski definition) is 1. The van der Waals surface area contributed by atoms with Crippen LogP contribution in [0.1, 0.15) is 26.8 Å². The first-order valence-corrected chi connectivity index (χ1v) is 6.28. The molecule has 1 aliphatic heterocycles. The van der Waals surface area contributed by atoms with E-state index in [1.54, 1.807) is 11.9 Å². The summed E-state index contributed by atoms with van der Waals surface area (Å²) in [5, 5.41) is 3.73. The molecule has 1 unspecified atom stereocenters. The summed E-state index contributed by atoms with van der Waals surface area (Å²) in [4.78, 5) is 30.0. The first kappa shape index (κ1) is 12.0. The molecule has 1 saturated heterocycles. The van der Waals surface area contributed by atoms with E-state index in [-0.39, 0.29) is 17.9 Å². The van der Waals surface area contributed by atoms with Gasteiger partial charge < -0.3 is 10.2 Å². The zero-order chi connectivity index (χ0) is 12.6. The van der Waals surface area contributed by atoms with Gasteiger partial charge in [0.1, 0.15) is 5.69 Å². The second kappa shape index (κ2) is 4.44. The van der Waals surface area contributed by atoms with Crippen molar-refractivity contribution in [3.05, 3.63) is 15.6 Å². The van der Waals surface area contributed by atoms with Gasteiger partial charge in [-0.15, -0.1) is 11.3 Å². The topological polar surface area (TPSA) is 62.3 Å². The fourth-order valence-corrected chi connectivity index (χ4v) is 2.77. The van der Waals surface area contributed by atoms with Crippen molar-refractivity contribution in [3.8, 4) is 0 Å². The Morgan fingerprint density at radius 3 is 2.71 bits per heavy atom. The molecule has 6 heteroatoms. The number of nitrogens with one attached hydrogen (secondary N) is 1. The first-order valence-electron chi connectivity index (χ1n) is 5.46. The summed E-state index contributed by atoms with van der Waals surface area (Å²) in [6.07, 6.45) is 0.379. The van der Waals surface area contributed by atoms with Gasteiger partial charge in [0, 0.05) is 24.9 Å². The zero-order valence-corrected chi connectivity index (χ0v) is 10.9. The van der Waals surface area contributed by atoms with E-state index < -0.39 is 0 Å². The van der Waals surface area contributed by atoms with Crippen LogP contribution in [-0.4, -0.2) is 41.3 Å². The number of hydrogen-bond acceptors (Lipinski definition) is 4. The number of likely N-dealkylation sites (tertiary alicyclic amines) is 1. The average Bonchev–Trinajstić information content (AvgIpc) is 2.71. The fourth-order valence-electron chi connectivity index (χ4n) is 1.95. The Labute approximate surface area is 104 Å². The molecule has 1 atom stereocenters. The Hall–Kier alpha value is -1.43. The van der Waals surface area contributed by atoms with Crippen molar-refractivity contribution < 1.29 is 9.59 Å². The van der Waals surface area contributed by atoms with Crippen LogP contribution in [0.4, 0.5) is 0 Å². The van der Waals surface area contributed by atoms with Crippen molar-refractivity contribution in [1.29, 1.82) is 0 Å². The standard InChI is InChI=1S/C11H15N3O2S/c1-6-10(12-7(2)17-6)11(16)13-8-4-9(15)14(3)5-8/h8H,4-5H2,1-3H3,(H,13,16). The van der Waals surface area contributed by atoms with Crippen LogP contribution in [0, 0.1) is 13.8 Å². The van der Waals surface area contributed by atoms with Crippen molar-refractivity contribution in [2.24, 2.45) is 0 Å². The van der Waals surface area contributed by atoms with Gasteiger partial charge in [-0.1, -0.05) is 0 Å². The number of rotatable bonds is 2. The highest BCUT2D eigenvalue weighted by Crippen LogP contribution is 2.17. The molecule has 92 valence electrons. The predicted molar refractivity (Wildman–Crippen MR) is 65.1 cm³/mol.